The standard InChI is InChI=1S/C27H25ClN4O4/c1-4-36-21-9-7-20(8-10-21)29-25(33)24-15-18-14-19(28)6-12-23(18)32(24)31-27(35)26(34)30-22-11-5-16(2)13-17(22)3/h5-15H,4H2,1-3H3,(H,29,33)(H,30,34)(H,31,35). The van der Waals surface area contributed by atoms with Crippen LogP contribution in [0.15, 0.2) is 66.7 Å². The Morgan fingerprint density at radius 2 is 1.64 bits per heavy atom. The lowest BCUT2D eigenvalue weighted by molar-refractivity contribution is -0.133. The highest BCUT2D eigenvalue weighted by molar-refractivity contribution is 6.42. The molecule has 0 saturated heterocycles. The molecule has 3 amide bonds. The molecule has 1 heterocycles. The highest BCUT2D eigenvalue weighted by atomic mass is 35.5. The van der Waals surface area contributed by atoms with Crippen molar-refractivity contribution < 1.29 is 19.1 Å². The van der Waals surface area contributed by atoms with Crippen LogP contribution in [-0.4, -0.2) is 29.0 Å². The van der Waals surface area contributed by atoms with Gasteiger partial charge >= 0.3 is 11.8 Å². The van der Waals surface area contributed by atoms with E-state index < -0.39 is 17.7 Å². The molecule has 0 aliphatic heterocycles. The molecule has 0 saturated carbocycles. The molecule has 0 aliphatic rings. The number of benzene rings is 3. The summed E-state index contributed by atoms with van der Waals surface area (Å²) in [6.07, 6.45) is 0. The number of ether oxygens (including phenoxy) is 1. The minimum atomic E-state index is -0.933. The number of aromatic nitrogens is 1. The first-order chi connectivity index (χ1) is 17.2. The van der Waals surface area contributed by atoms with Gasteiger partial charge in [-0.05, 0) is 80.9 Å². The van der Waals surface area contributed by atoms with Gasteiger partial charge in [0.25, 0.3) is 5.91 Å². The topological polar surface area (TPSA) is 101 Å². The zero-order chi connectivity index (χ0) is 25.8. The number of aryl methyl sites for hydroxylation is 2. The largest absolute Gasteiger partial charge is 0.494 e. The number of anilines is 2. The van der Waals surface area contributed by atoms with Crippen LogP contribution in [0, 0.1) is 13.8 Å². The van der Waals surface area contributed by atoms with Gasteiger partial charge in [0.2, 0.25) is 0 Å². The van der Waals surface area contributed by atoms with Crippen LogP contribution in [-0.2, 0) is 9.59 Å². The number of nitrogens with one attached hydrogen (secondary N) is 3. The SMILES string of the molecule is CCOc1ccc(NC(=O)c2cc3cc(Cl)ccc3n2NC(=O)C(=O)Nc2ccc(C)cc2C)cc1. The van der Waals surface area contributed by atoms with Crippen molar-refractivity contribution in [3.63, 3.8) is 0 Å². The molecule has 3 aromatic carbocycles. The second kappa shape index (κ2) is 10.5. The van der Waals surface area contributed by atoms with E-state index in [9.17, 15) is 14.4 Å². The zero-order valence-corrected chi connectivity index (χ0v) is 20.8. The molecule has 4 rings (SSSR count). The maximum Gasteiger partial charge on any atom is 0.328 e. The van der Waals surface area contributed by atoms with Crippen LogP contribution in [0.2, 0.25) is 5.02 Å². The number of amides is 3. The van der Waals surface area contributed by atoms with Gasteiger partial charge in [-0.1, -0.05) is 29.3 Å². The molecular weight excluding hydrogens is 480 g/mol. The number of rotatable bonds is 6. The van der Waals surface area contributed by atoms with Crippen LogP contribution in [0.25, 0.3) is 10.9 Å². The number of hydrogen-bond acceptors (Lipinski definition) is 4. The quantitative estimate of drug-likeness (QED) is 0.311. The fourth-order valence-electron chi connectivity index (χ4n) is 3.76. The highest BCUT2D eigenvalue weighted by Gasteiger charge is 2.21. The second-order valence-corrected chi connectivity index (χ2v) is 8.63. The van der Waals surface area contributed by atoms with Gasteiger partial charge in [0, 0.05) is 21.8 Å². The molecule has 8 nitrogen and oxygen atoms in total. The minimum Gasteiger partial charge on any atom is -0.494 e. The monoisotopic (exact) mass is 504 g/mol. The molecule has 1 aromatic heterocycles. The third kappa shape index (κ3) is 5.50. The van der Waals surface area contributed by atoms with Gasteiger partial charge < -0.3 is 15.4 Å². The van der Waals surface area contributed by atoms with Gasteiger partial charge in [0.05, 0.1) is 12.1 Å². The van der Waals surface area contributed by atoms with Crippen molar-refractivity contribution in [2.75, 3.05) is 22.7 Å². The lowest BCUT2D eigenvalue weighted by atomic mass is 10.1. The van der Waals surface area contributed by atoms with E-state index in [-0.39, 0.29) is 5.69 Å². The van der Waals surface area contributed by atoms with Crippen LogP contribution in [0.5, 0.6) is 5.75 Å². The van der Waals surface area contributed by atoms with Crippen molar-refractivity contribution in [1.29, 1.82) is 0 Å². The molecule has 0 aliphatic carbocycles. The molecule has 0 fully saturated rings. The summed E-state index contributed by atoms with van der Waals surface area (Å²) in [7, 11) is 0. The van der Waals surface area contributed by atoms with Gasteiger partial charge in [-0.2, -0.15) is 0 Å². The molecule has 0 radical (unpaired) electrons. The van der Waals surface area contributed by atoms with E-state index in [1.54, 1.807) is 54.6 Å². The van der Waals surface area contributed by atoms with Gasteiger partial charge in [-0.3, -0.25) is 19.8 Å². The summed E-state index contributed by atoms with van der Waals surface area (Å²) in [5.74, 6) is -1.60. The summed E-state index contributed by atoms with van der Waals surface area (Å²) < 4.78 is 6.71. The van der Waals surface area contributed by atoms with Crippen LogP contribution in [0.4, 0.5) is 11.4 Å². The van der Waals surface area contributed by atoms with Gasteiger partial charge in [-0.15, -0.1) is 0 Å². The molecule has 0 atom stereocenters. The number of halogens is 1. The number of nitrogens with zero attached hydrogens (tertiary/aromatic N) is 1. The van der Waals surface area contributed by atoms with Crippen molar-refractivity contribution in [3.05, 3.63) is 88.6 Å². The van der Waals surface area contributed by atoms with E-state index in [0.717, 1.165) is 11.1 Å². The summed E-state index contributed by atoms with van der Waals surface area (Å²) in [6, 6.07) is 18.9. The van der Waals surface area contributed by atoms with Gasteiger partial charge in [0.15, 0.2) is 0 Å². The summed E-state index contributed by atoms with van der Waals surface area (Å²) in [4.78, 5) is 38.6. The smallest absolute Gasteiger partial charge is 0.328 e. The summed E-state index contributed by atoms with van der Waals surface area (Å²) in [5.41, 5.74) is 6.09. The van der Waals surface area contributed by atoms with Gasteiger partial charge in [0.1, 0.15) is 11.4 Å². The summed E-state index contributed by atoms with van der Waals surface area (Å²) in [6.45, 7) is 6.20. The molecule has 36 heavy (non-hydrogen) atoms. The van der Waals surface area contributed by atoms with Crippen LogP contribution >= 0.6 is 11.6 Å². The number of fused-ring (bicyclic) bond motifs is 1. The summed E-state index contributed by atoms with van der Waals surface area (Å²) in [5, 5.41) is 6.50. The second-order valence-electron chi connectivity index (χ2n) is 8.19. The Labute approximate surface area is 213 Å². The predicted molar refractivity (Wildman–Crippen MR) is 141 cm³/mol. The number of hydrogen-bond donors (Lipinski definition) is 3. The lowest BCUT2D eigenvalue weighted by Gasteiger charge is -2.14. The van der Waals surface area contributed by atoms with E-state index in [2.05, 4.69) is 16.1 Å². The zero-order valence-electron chi connectivity index (χ0n) is 20.0. The number of carbonyl (C=O) groups is 3. The molecular formula is C27H25ClN4O4. The first-order valence-electron chi connectivity index (χ1n) is 11.3. The maximum atomic E-state index is 13.2. The Balaban J connectivity index is 1.59. The first-order valence-corrected chi connectivity index (χ1v) is 11.7. The highest BCUT2D eigenvalue weighted by Crippen LogP contribution is 2.24. The Morgan fingerprint density at radius 1 is 0.889 bits per heavy atom. The fraction of sp³-hybridized carbons (Fsp3) is 0.148. The average molecular weight is 505 g/mol. The molecule has 0 unspecified atom stereocenters. The Morgan fingerprint density at radius 3 is 2.33 bits per heavy atom. The average Bonchev–Trinajstić information content (AvgIpc) is 3.19. The molecule has 9 heteroatoms. The molecule has 0 bridgehead atoms. The van der Waals surface area contributed by atoms with Crippen molar-refractivity contribution >= 4 is 51.6 Å². The third-order valence-electron chi connectivity index (χ3n) is 5.47. The van der Waals surface area contributed by atoms with Crippen LogP contribution in [0.1, 0.15) is 28.5 Å². The van der Waals surface area contributed by atoms with E-state index in [1.807, 2.05) is 32.9 Å². The first kappa shape index (κ1) is 24.8. The molecule has 0 spiro atoms. The number of carbonyl (C=O) groups excluding carboxylic acids is 3. The Kier molecular flexibility index (Phi) is 7.26. The normalized spacial score (nSPS) is 10.7. The summed E-state index contributed by atoms with van der Waals surface area (Å²) >= 11 is 6.13. The van der Waals surface area contributed by atoms with Crippen LogP contribution in [0.3, 0.4) is 0 Å². The van der Waals surface area contributed by atoms with Crippen molar-refractivity contribution in [1.82, 2.24) is 4.68 Å². The maximum absolute atomic E-state index is 13.2. The van der Waals surface area contributed by atoms with E-state index in [0.29, 0.717) is 39.7 Å². The third-order valence-corrected chi connectivity index (χ3v) is 5.70. The predicted octanol–water partition coefficient (Wildman–Crippen LogP) is 5.27. The molecule has 4 aromatic rings. The minimum absolute atomic E-state index is 0.119. The fourth-order valence-corrected chi connectivity index (χ4v) is 3.94. The molecule has 184 valence electrons. The van der Waals surface area contributed by atoms with E-state index in [4.69, 9.17) is 16.3 Å². The van der Waals surface area contributed by atoms with Gasteiger partial charge in [-0.25, -0.2) is 4.68 Å². The van der Waals surface area contributed by atoms with Crippen molar-refractivity contribution in [3.8, 4) is 5.75 Å². The van der Waals surface area contributed by atoms with E-state index >= 15 is 0 Å². The lowest BCUT2D eigenvalue weighted by Crippen LogP contribution is -2.36. The molecule has 3 N–H and O–H groups in total. The van der Waals surface area contributed by atoms with Crippen molar-refractivity contribution in [2.45, 2.75) is 20.8 Å². The van der Waals surface area contributed by atoms with Crippen LogP contribution < -0.4 is 20.8 Å². The Hall–Kier alpha value is -4.30. The van der Waals surface area contributed by atoms with E-state index in [1.165, 1.54) is 4.68 Å². The van der Waals surface area contributed by atoms with Crippen molar-refractivity contribution in [2.24, 2.45) is 0 Å². The Bertz CT molecular complexity index is 1460.